The Hall–Kier alpha value is -0.740. The molecule has 1 saturated carbocycles. The van der Waals surface area contributed by atoms with Gasteiger partial charge in [0.05, 0.1) is 0 Å². The molecule has 8 nitrogen and oxygen atoms in total. The van der Waals surface area contributed by atoms with Crippen LogP contribution in [0.1, 0.15) is 19.3 Å². The molecule has 2 N–H and O–H groups in total. The lowest BCUT2D eigenvalue weighted by molar-refractivity contribution is -0.136. The second-order valence-corrected chi connectivity index (χ2v) is 9.13. The highest BCUT2D eigenvalue weighted by molar-refractivity contribution is 7.86. The standard InChI is InChI=1S/C15H29N5O3S/c1-17-4-8-19(9-5-17)24(22,23)20-10-6-18(7-11-20)15(21)13-2-3-14(16)12-13/h13-14H,2-12,16H2,1H3. The molecule has 2 atom stereocenters. The van der Waals surface area contributed by atoms with E-state index in [2.05, 4.69) is 4.90 Å². The Bertz CT molecular complexity index is 553. The number of hydrogen-bond donors (Lipinski definition) is 1. The van der Waals surface area contributed by atoms with Crippen LogP contribution in [0.2, 0.25) is 0 Å². The number of carbonyl (C=O) groups is 1. The fourth-order valence-corrected chi connectivity index (χ4v) is 5.40. The van der Waals surface area contributed by atoms with Crippen LogP contribution in [0.4, 0.5) is 0 Å². The Balaban J connectivity index is 1.53. The van der Waals surface area contributed by atoms with E-state index in [1.54, 1.807) is 4.31 Å². The molecule has 2 unspecified atom stereocenters. The smallest absolute Gasteiger partial charge is 0.282 e. The predicted molar refractivity (Wildman–Crippen MR) is 91.5 cm³/mol. The average Bonchev–Trinajstić information content (AvgIpc) is 3.01. The highest BCUT2D eigenvalue weighted by Gasteiger charge is 2.37. The first-order valence-electron chi connectivity index (χ1n) is 8.86. The molecule has 1 aliphatic carbocycles. The van der Waals surface area contributed by atoms with E-state index >= 15 is 0 Å². The summed E-state index contributed by atoms with van der Waals surface area (Å²) in [5.41, 5.74) is 5.90. The molecule has 0 aromatic rings. The predicted octanol–water partition coefficient (Wildman–Crippen LogP) is -1.25. The van der Waals surface area contributed by atoms with Crippen molar-refractivity contribution < 1.29 is 13.2 Å². The van der Waals surface area contributed by atoms with Gasteiger partial charge in [-0.1, -0.05) is 0 Å². The molecular weight excluding hydrogens is 330 g/mol. The maximum atomic E-state index is 12.7. The summed E-state index contributed by atoms with van der Waals surface area (Å²) in [6.45, 7) is 4.35. The summed E-state index contributed by atoms with van der Waals surface area (Å²) in [5, 5.41) is 0. The van der Waals surface area contributed by atoms with Gasteiger partial charge in [-0.2, -0.15) is 17.0 Å². The maximum absolute atomic E-state index is 12.7. The summed E-state index contributed by atoms with van der Waals surface area (Å²) in [6, 6.07) is 0.137. The van der Waals surface area contributed by atoms with Gasteiger partial charge in [-0.25, -0.2) is 0 Å². The van der Waals surface area contributed by atoms with Gasteiger partial charge in [-0.05, 0) is 26.3 Å². The fraction of sp³-hybridized carbons (Fsp3) is 0.933. The summed E-state index contributed by atoms with van der Waals surface area (Å²) in [7, 11) is -1.40. The molecule has 2 saturated heterocycles. The number of carbonyl (C=O) groups excluding carboxylic acids is 1. The second-order valence-electron chi connectivity index (χ2n) is 7.20. The van der Waals surface area contributed by atoms with E-state index in [-0.39, 0.29) is 17.9 Å². The number of likely N-dealkylation sites (N-methyl/N-ethyl adjacent to an activating group) is 1. The number of piperazine rings is 2. The van der Waals surface area contributed by atoms with Crippen LogP contribution in [0.25, 0.3) is 0 Å². The third-order valence-corrected chi connectivity index (χ3v) is 7.52. The summed E-state index contributed by atoms with van der Waals surface area (Å²) < 4.78 is 28.6. The molecule has 0 aromatic carbocycles. The maximum Gasteiger partial charge on any atom is 0.282 e. The zero-order valence-electron chi connectivity index (χ0n) is 14.4. The van der Waals surface area contributed by atoms with Crippen LogP contribution in [-0.4, -0.2) is 98.2 Å². The Morgan fingerprint density at radius 2 is 1.46 bits per heavy atom. The molecule has 2 heterocycles. The molecule has 0 spiro atoms. The Kier molecular flexibility index (Phi) is 5.45. The summed E-state index contributed by atoms with van der Waals surface area (Å²) in [6.07, 6.45) is 2.53. The zero-order valence-corrected chi connectivity index (χ0v) is 15.2. The summed E-state index contributed by atoms with van der Waals surface area (Å²) in [4.78, 5) is 16.5. The molecule has 9 heteroatoms. The van der Waals surface area contributed by atoms with Crippen molar-refractivity contribution in [3.63, 3.8) is 0 Å². The van der Waals surface area contributed by atoms with Gasteiger partial charge in [0.25, 0.3) is 10.2 Å². The van der Waals surface area contributed by atoms with Crippen LogP contribution < -0.4 is 5.73 Å². The largest absolute Gasteiger partial charge is 0.340 e. The SMILES string of the molecule is CN1CCN(S(=O)(=O)N2CCN(C(=O)C3CCC(N)C3)CC2)CC1. The molecule has 24 heavy (non-hydrogen) atoms. The van der Waals surface area contributed by atoms with E-state index < -0.39 is 10.2 Å². The van der Waals surface area contributed by atoms with Crippen LogP contribution in [0.3, 0.4) is 0 Å². The van der Waals surface area contributed by atoms with Gasteiger partial charge < -0.3 is 15.5 Å². The summed E-state index contributed by atoms with van der Waals surface area (Å²) in [5.74, 6) is 0.181. The lowest BCUT2D eigenvalue weighted by Crippen LogP contribution is -2.57. The molecule has 0 bridgehead atoms. The molecule has 3 aliphatic rings. The van der Waals surface area contributed by atoms with Crippen LogP contribution >= 0.6 is 0 Å². The molecular formula is C15H29N5O3S. The summed E-state index contributed by atoms with van der Waals surface area (Å²) >= 11 is 0. The van der Waals surface area contributed by atoms with Gasteiger partial charge >= 0.3 is 0 Å². The quantitative estimate of drug-likeness (QED) is 0.680. The Labute approximate surface area is 144 Å². The van der Waals surface area contributed by atoms with Crippen molar-refractivity contribution in [2.75, 3.05) is 59.4 Å². The topological polar surface area (TPSA) is 90.2 Å². The Morgan fingerprint density at radius 3 is 1.96 bits per heavy atom. The van der Waals surface area contributed by atoms with Gasteiger partial charge in [0.1, 0.15) is 0 Å². The van der Waals surface area contributed by atoms with E-state index in [1.165, 1.54) is 4.31 Å². The fourth-order valence-electron chi connectivity index (χ4n) is 3.82. The minimum atomic E-state index is -3.40. The van der Waals surface area contributed by atoms with Gasteiger partial charge in [-0.15, -0.1) is 0 Å². The zero-order chi connectivity index (χ0) is 17.3. The Morgan fingerprint density at radius 1 is 0.917 bits per heavy atom. The van der Waals surface area contributed by atoms with Crippen molar-refractivity contribution in [2.24, 2.45) is 11.7 Å². The van der Waals surface area contributed by atoms with Crippen molar-refractivity contribution >= 4 is 16.1 Å². The van der Waals surface area contributed by atoms with Crippen LogP contribution in [0.5, 0.6) is 0 Å². The van der Waals surface area contributed by atoms with Gasteiger partial charge in [-0.3, -0.25) is 4.79 Å². The molecule has 138 valence electrons. The molecule has 3 fully saturated rings. The van der Waals surface area contributed by atoms with Gasteiger partial charge in [0.2, 0.25) is 5.91 Å². The molecule has 2 aliphatic heterocycles. The first kappa shape index (κ1) is 18.1. The molecule has 0 aromatic heterocycles. The molecule has 0 radical (unpaired) electrons. The van der Waals surface area contributed by atoms with Crippen LogP contribution in [-0.2, 0) is 15.0 Å². The van der Waals surface area contributed by atoms with E-state index in [0.29, 0.717) is 39.3 Å². The highest BCUT2D eigenvalue weighted by Crippen LogP contribution is 2.26. The van der Waals surface area contributed by atoms with Crippen LogP contribution in [0.15, 0.2) is 0 Å². The average molecular weight is 359 g/mol. The van der Waals surface area contributed by atoms with Crippen molar-refractivity contribution in [1.82, 2.24) is 18.4 Å². The minimum absolute atomic E-state index is 0.0285. The number of nitrogens with two attached hydrogens (primary N) is 1. The third kappa shape index (κ3) is 3.75. The number of hydrogen-bond acceptors (Lipinski definition) is 5. The van der Waals surface area contributed by atoms with Crippen molar-refractivity contribution in [2.45, 2.75) is 25.3 Å². The van der Waals surface area contributed by atoms with Gasteiger partial charge in [0.15, 0.2) is 0 Å². The lowest BCUT2D eigenvalue weighted by Gasteiger charge is -2.39. The minimum Gasteiger partial charge on any atom is -0.340 e. The normalized spacial score (nSPS) is 31.5. The first-order valence-corrected chi connectivity index (χ1v) is 10.3. The monoisotopic (exact) mass is 359 g/mol. The van der Waals surface area contributed by atoms with E-state index in [4.69, 9.17) is 5.73 Å². The third-order valence-electron chi connectivity index (χ3n) is 5.49. The van der Waals surface area contributed by atoms with Crippen molar-refractivity contribution in [3.05, 3.63) is 0 Å². The second kappa shape index (κ2) is 7.25. The van der Waals surface area contributed by atoms with E-state index in [1.807, 2.05) is 11.9 Å². The van der Waals surface area contributed by atoms with Crippen molar-refractivity contribution in [3.8, 4) is 0 Å². The molecule has 3 rings (SSSR count). The highest BCUT2D eigenvalue weighted by atomic mass is 32.2. The lowest BCUT2D eigenvalue weighted by atomic mass is 10.1. The number of nitrogens with zero attached hydrogens (tertiary/aromatic N) is 4. The van der Waals surface area contributed by atoms with Crippen LogP contribution in [0, 0.1) is 5.92 Å². The number of rotatable bonds is 3. The van der Waals surface area contributed by atoms with E-state index in [9.17, 15) is 13.2 Å². The first-order chi connectivity index (χ1) is 11.4. The van der Waals surface area contributed by atoms with Gasteiger partial charge in [0, 0.05) is 64.3 Å². The van der Waals surface area contributed by atoms with Crippen molar-refractivity contribution in [1.29, 1.82) is 0 Å². The molecule has 1 amide bonds. The number of amides is 1. The van der Waals surface area contributed by atoms with E-state index in [0.717, 1.165) is 32.4 Å².